The number of nitrogens with one attached hydrogen (secondary N) is 2. The van der Waals surface area contributed by atoms with Crippen molar-refractivity contribution in [3.05, 3.63) is 35.9 Å². The Labute approximate surface area is 109 Å². The topological polar surface area (TPSA) is 71.5 Å². The lowest BCUT2D eigenvalue weighted by Crippen LogP contribution is -2.40. The van der Waals surface area contributed by atoms with Crippen LogP contribution in [0.15, 0.2) is 30.3 Å². The first-order valence-electron chi connectivity index (χ1n) is 5.55. The van der Waals surface area contributed by atoms with Gasteiger partial charge in [0.05, 0.1) is 0 Å². The van der Waals surface area contributed by atoms with Gasteiger partial charge in [-0.3, -0.25) is 4.98 Å². The molecular weight excluding hydrogens is 250 g/mol. The molecule has 1 aromatic carbocycles. The van der Waals surface area contributed by atoms with Crippen LogP contribution < -0.4 is 10.2 Å². The predicted octanol–water partition coefficient (Wildman–Crippen LogP) is 2.07. The third kappa shape index (κ3) is 1.74. The van der Waals surface area contributed by atoms with Crippen LogP contribution in [0.4, 0.5) is 11.4 Å². The third-order valence-electron chi connectivity index (χ3n) is 3.01. The number of hydrogen-bond donors (Lipinski definition) is 5. The zero-order valence-corrected chi connectivity index (χ0v) is 10.4. The van der Waals surface area contributed by atoms with Crippen molar-refractivity contribution >= 4 is 24.0 Å². The van der Waals surface area contributed by atoms with Crippen molar-refractivity contribution in [3.8, 4) is 11.8 Å². The van der Waals surface area contributed by atoms with E-state index in [9.17, 15) is 10.2 Å². The molecule has 6 heteroatoms. The van der Waals surface area contributed by atoms with E-state index in [-0.39, 0.29) is 17.3 Å². The van der Waals surface area contributed by atoms with Gasteiger partial charge in [0.2, 0.25) is 5.88 Å². The average molecular weight is 263 g/mol. The first-order valence-corrected chi connectivity index (χ1v) is 6.07. The number of fused-ring (bicyclic) bond motifs is 1. The van der Waals surface area contributed by atoms with Crippen molar-refractivity contribution in [2.45, 2.75) is 12.0 Å². The molecule has 5 nitrogen and oxygen atoms in total. The van der Waals surface area contributed by atoms with Gasteiger partial charge in [0.25, 0.3) is 0 Å². The van der Waals surface area contributed by atoms with Crippen LogP contribution in [-0.2, 0) is 6.54 Å². The maximum atomic E-state index is 9.73. The van der Waals surface area contributed by atoms with Crippen molar-refractivity contribution in [1.29, 1.82) is 0 Å². The number of hydrogen-bond acceptors (Lipinski definition) is 5. The van der Waals surface area contributed by atoms with Crippen molar-refractivity contribution in [1.82, 2.24) is 4.98 Å². The third-order valence-corrected chi connectivity index (χ3v) is 3.42. The van der Waals surface area contributed by atoms with E-state index in [1.54, 1.807) is 0 Å². The first-order chi connectivity index (χ1) is 8.65. The molecule has 94 valence electrons. The largest absolute Gasteiger partial charge is 0.494 e. The van der Waals surface area contributed by atoms with E-state index in [1.807, 2.05) is 29.2 Å². The van der Waals surface area contributed by atoms with Crippen molar-refractivity contribution in [3.63, 3.8) is 0 Å². The van der Waals surface area contributed by atoms with E-state index in [4.69, 9.17) is 0 Å². The monoisotopic (exact) mass is 263 g/mol. The predicted molar refractivity (Wildman–Crippen MR) is 73.1 cm³/mol. The summed E-state index contributed by atoms with van der Waals surface area (Å²) in [5, 5.41) is 22.3. The van der Waals surface area contributed by atoms with E-state index < -0.39 is 0 Å². The Bertz CT molecular complexity index is 584. The summed E-state index contributed by atoms with van der Waals surface area (Å²) in [5.41, 5.74) is 2.41. The van der Waals surface area contributed by atoms with Gasteiger partial charge in [-0.25, -0.2) is 0 Å². The molecule has 1 aliphatic rings. The molecule has 1 atom stereocenters. The smallest absolute Gasteiger partial charge is 0.215 e. The molecule has 0 amide bonds. The standard InChI is InChI=1S/C12H13N3O2S/c16-10-5-9(11(17)14-10)15-6-7-3-1-2-4-8(7)13-12(15)18/h1-5,12-14,16-18H,6H2. The Balaban J connectivity index is 1.98. The number of nitrogens with zero attached hydrogens (tertiary/aromatic N) is 1. The molecule has 0 radical (unpaired) electrons. The number of H-pyrrole nitrogens is 1. The quantitative estimate of drug-likeness (QED) is 0.511. The minimum Gasteiger partial charge on any atom is -0.494 e. The Morgan fingerprint density at radius 3 is 2.78 bits per heavy atom. The molecule has 0 aliphatic carbocycles. The highest BCUT2D eigenvalue weighted by Crippen LogP contribution is 2.37. The molecule has 1 unspecified atom stereocenters. The number of rotatable bonds is 1. The van der Waals surface area contributed by atoms with Crippen LogP contribution >= 0.6 is 12.6 Å². The fourth-order valence-electron chi connectivity index (χ4n) is 2.14. The first kappa shape index (κ1) is 11.2. The molecular formula is C12H13N3O2S. The minimum atomic E-state index is -0.263. The van der Waals surface area contributed by atoms with E-state index in [0.29, 0.717) is 12.2 Å². The zero-order valence-electron chi connectivity index (χ0n) is 9.46. The molecule has 3 rings (SSSR count). The number of para-hydroxylation sites is 1. The van der Waals surface area contributed by atoms with Crippen LogP contribution in [0, 0.1) is 0 Å². The summed E-state index contributed by atoms with van der Waals surface area (Å²) in [6.07, 6.45) is 0. The summed E-state index contributed by atoms with van der Waals surface area (Å²) >= 11 is 4.46. The Morgan fingerprint density at radius 2 is 2.06 bits per heavy atom. The second-order valence-corrected chi connectivity index (χ2v) is 4.68. The lowest BCUT2D eigenvalue weighted by Gasteiger charge is -2.36. The van der Waals surface area contributed by atoms with Crippen LogP contribution in [-0.4, -0.2) is 20.7 Å². The second kappa shape index (κ2) is 4.06. The Kier molecular flexibility index (Phi) is 2.52. The van der Waals surface area contributed by atoms with Crippen LogP contribution in [0.2, 0.25) is 0 Å². The van der Waals surface area contributed by atoms with Crippen LogP contribution in [0.5, 0.6) is 11.8 Å². The van der Waals surface area contributed by atoms with Crippen molar-refractivity contribution < 1.29 is 10.2 Å². The number of benzene rings is 1. The number of thiol groups is 1. The summed E-state index contributed by atoms with van der Waals surface area (Å²) in [6, 6.07) is 9.41. The molecule has 0 spiro atoms. The van der Waals surface area contributed by atoms with Gasteiger partial charge in [-0.15, -0.1) is 12.6 Å². The normalized spacial score (nSPS) is 18.3. The zero-order chi connectivity index (χ0) is 12.7. The number of aromatic nitrogens is 1. The van der Waals surface area contributed by atoms with Gasteiger partial charge in [0, 0.05) is 18.3 Å². The Morgan fingerprint density at radius 1 is 1.28 bits per heavy atom. The molecule has 4 N–H and O–H groups in total. The van der Waals surface area contributed by atoms with E-state index in [2.05, 4.69) is 22.9 Å². The van der Waals surface area contributed by atoms with Crippen LogP contribution in [0.25, 0.3) is 0 Å². The van der Waals surface area contributed by atoms with Gasteiger partial charge in [0.1, 0.15) is 11.2 Å². The molecule has 1 aliphatic heterocycles. The number of anilines is 2. The SMILES string of the molecule is Oc1cc(N2Cc3ccccc3NC2S)c(O)[nH]1. The minimum absolute atomic E-state index is 0.0623. The van der Waals surface area contributed by atoms with Gasteiger partial charge in [-0.05, 0) is 11.6 Å². The highest BCUT2D eigenvalue weighted by Gasteiger charge is 2.26. The van der Waals surface area contributed by atoms with E-state index >= 15 is 0 Å². The average Bonchev–Trinajstić information content (AvgIpc) is 2.67. The summed E-state index contributed by atoms with van der Waals surface area (Å²) < 4.78 is 0. The number of aromatic amines is 1. The fraction of sp³-hybridized carbons (Fsp3) is 0.167. The fourth-order valence-corrected chi connectivity index (χ4v) is 2.49. The molecule has 18 heavy (non-hydrogen) atoms. The summed E-state index contributed by atoms with van der Waals surface area (Å²) in [5.74, 6) is -0.130. The highest BCUT2D eigenvalue weighted by atomic mass is 32.1. The summed E-state index contributed by atoms with van der Waals surface area (Å²) in [6.45, 7) is 0.613. The highest BCUT2D eigenvalue weighted by molar-refractivity contribution is 7.81. The maximum Gasteiger partial charge on any atom is 0.215 e. The Hall–Kier alpha value is -1.95. The van der Waals surface area contributed by atoms with Gasteiger partial charge >= 0.3 is 0 Å². The molecule has 1 aromatic heterocycles. The van der Waals surface area contributed by atoms with Crippen LogP contribution in [0.3, 0.4) is 0 Å². The van der Waals surface area contributed by atoms with Gasteiger partial charge in [-0.1, -0.05) is 18.2 Å². The molecule has 0 fully saturated rings. The van der Waals surface area contributed by atoms with Gasteiger partial charge < -0.3 is 20.4 Å². The molecule has 0 saturated heterocycles. The summed E-state index contributed by atoms with van der Waals surface area (Å²) in [7, 11) is 0. The van der Waals surface area contributed by atoms with Crippen molar-refractivity contribution in [2.24, 2.45) is 0 Å². The van der Waals surface area contributed by atoms with Crippen LogP contribution in [0.1, 0.15) is 5.56 Å². The molecule has 2 aromatic rings. The van der Waals surface area contributed by atoms with Gasteiger partial charge in [0.15, 0.2) is 5.88 Å². The van der Waals surface area contributed by atoms with Gasteiger partial charge in [-0.2, -0.15) is 0 Å². The van der Waals surface area contributed by atoms with E-state index in [0.717, 1.165) is 11.3 Å². The summed E-state index contributed by atoms with van der Waals surface area (Å²) in [4.78, 5) is 4.32. The second-order valence-electron chi connectivity index (χ2n) is 4.19. The maximum absolute atomic E-state index is 9.73. The lowest BCUT2D eigenvalue weighted by atomic mass is 10.1. The lowest BCUT2D eigenvalue weighted by molar-refractivity contribution is 0.425. The van der Waals surface area contributed by atoms with Crippen molar-refractivity contribution in [2.75, 3.05) is 10.2 Å². The molecule has 0 saturated carbocycles. The molecule has 0 bridgehead atoms. The van der Waals surface area contributed by atoms with E-state index in [1.165, 1.54) is 6.07 Å². The molecule has 2 heterocycles. The number of aromatic hydroxyl groups is 2.